The number of carbonyl (C=O) groups is 1. The molecule has 1 fully saturated rings. The molecule has 20 heavy (non-hydrogen) atoms. The Morgan fingerprint density at radius 3 is 2.65 bits per heavy atom. The maximum Gasteiger partial charge on any atom is 0.312 e. The van der Waals surface area contributed by atoms with Gasteiger partial charge >= 0.3 is 5.97 Å². The minimum Gasteiger partial charge on any atom is -0.437 e. The zero-order valence-electron chi connectivity index (χ0n) is 11.6. The summed E-state index contributed by atoms with van der Waals surface area (Å²) in [5.41, 5.74) is -0.245. The van der Waals surface area contributed by atoms with E-state index < -0.39 is 6.10 Å². The van der Waals surface area contributed by atoms with Crippen LogP contribution in [-0.2, 0) is 14.3 Å². The van der Waals surface area contributed by atoms with Crippen molar-refractivity contribution < 1.29 is 14.3 Å². The number of terminal acetylenes is 1. The van der Waals surface area contributed by atoms with Crippen molar-refractivity contribution in [3.05, 3.63) is 10.6 Å². The first kappa shape index (κ1) is 16.9. The van der Waals surface area contributed by atoms with Gasteiger partial charge in [-0.2, -0.15) is 0 Å². The Kier molecular flexibility index (Phi) is 5.96. The van der Waals surface area contributed by atoms with Crippen LogP contribution in [0.3, 0.4) is 0 Å². The van der Waals surface area contributed by atoms with Crippen molar-refractivity contribution in [3.8, 4) is 24.2 Å². The predicted molar refractivity (Wildman–Crippen MR) is 78.9 cm³/mol. The fourth-order valence-electron chi connectivity index (χ4n) is 2.08. The van der Waals surface area contributed by atoms with Gasteiger partial charge in [0.05, 0.1) is 5.92 Å². The number of carbonyl (C=O) groups excluding carboxylic acids is 1. The maximum atomic E-state index is 12.1. The lowest BCUT2D eigenvalue weighted by molar-refractivity contribution is -0.147. The van der Waals surface area contributed by atoms with E-state index in [1.54, 1.807) is 6.08 Å². The Bertz CT molecular complexity index is 501. The average molecular weight is 315 g/mol. The van der Waals surface area contributed by atoms with Crippen LogP contribution < -0.4 is 0 Å². The van der Waals surface area contributed by atoms with Crippen LogP contribution in [-0.4, -0.2) is 25.8 Å². The minimum absolute atomic E-state index is 0.0506. The van der Waals surface area contributed by atoms with Crippen LogP contribution in [0.25, 0.3) is 0 Å². The number of hydrogen-bond acceptors (Lipinski definition) is 3. The number of allylic oxidation sites excluding steroid dienone is 1. The van der Waals surface area contributed by atoms with Crippen LogP contribution in [0, 0.1) is 41.4 Å². The van der Waals surface area contributed by atoms with Crippen molar-refractivity contribution in [1.29, 1.82) is 0 Å². The molecule has 0 N–H and O–H groups in total. The first-order valence-electron chi connectivity index (χ1n) is 6.01. The van der Waals surface area contributed by atoms with Gasteiger partial charge in [-0.3, -0.25) is 4.79 Å². The Morgan fingerprint density at radius 2 is 2.15 bits per heavy atom. The third-order valence-electron chi connectivity index (χ3n) is 3.31. The molecule has 0 aromatic heterocycles. The molecule has 0 spiro atoms. The van der Waals surface area contributed by atoms with Gasteiger partial charge in [0, 0.05) is 7.11 Å². The van der Waals surface area contributed by atoms with Gasteiger partial charge < -0.3 is 9.47 Å². The number of esters is 1. The summed E-state index contributed by atoms with van der Waals surface area (Å²) in [5.74, 6) is 6.88. The van der Waals surface area contributed by atoms with Crippen LogP contribution in [0.1, 0.15) is 13.8 Å². The molecule has 0 aromatic rings. The lowest BCUT2D eigenvalue weighted by atomic mass is 10.1. The summed E-state index contributed by atoms with van der Waals surface area (Å²) in [4.78, 5) is 12.1. The van der Waals surface area contributed by atoms with Gasteiger partial charge in [-0.1, -0.05) is 43.0 Å². The molecule has 0 aliphatic heterocycles. The molecule has 0 radical (unpaired) electrons. The van der Waals surface area contributed by atoms with E-state index in [1.807, 2.05) is 13.8 Å². The van der Waals surface area contributed by atoms with Crippen LogP contribution in [0.4, 0.5) is 0 Å². The van der Waals surface area contributed by atoms with E-state index in [2.05, 4.69) is 17.8 Å². The van der Waals surface area contributed by atoms with E-state index in [0.717, 1.165) is 0 Å². The molecule has 0 heterocycles. The second-order valence-electron chi connectivity index (χ2n) is 5.02. The summed E-state index contributed by atoms with van der Waals surface area (Å²) < 4.78 is 10.1. The fraction of sp³-hybridized carbons (Fsp3) is 0.533. The molecule has 0 bridgehead atoms. The first-order chi connectivity index (χ1) is 9.34. The highest BCUT2D eigenvalue weighted by Gasteiger charge is 2.61. The Labute approximate surface area is 129 Å². The van der Waals surface area contributed by atoms with Gasteiger partial charge in [0.1, 0.15) is 11.1 Å². The molecule has 3 atom stereocenters. The van der Waals surface area contributed by atoms with E-state index in [-0.39, 0.29) is 34.3 Å². The van der Waals surface area contributed by atoms with Crippen molar-refractivity contribution >= 4 is 29.2 Å². The van der Waals surface area contributed by atoms with Gasteiger partial charge in [0.15, 0.2) is 0 Å². The SMILES string of the molecule is C#CC(C#CCOC)OC(=O)C1C(C=C(Cl)Cl)C1(C)C. The van der Waals surface area contributed by atoms with Crippen molar-refractivity contribution in [2.75, 3.05) is 13.7 Å². The first-order valence-corrected chi connectivity index (χ1v) is 6.77. The summed E-state index contributed by atoms with van der Waals surface area (Å²) in [6.45, 7) is 4.12. The summed E-state index contributed by atoms with van der Waals surface area (Å²) >= 11 is 11.3. The molecular weight excluding hydrogens is 299 g/mol. The van der Waals surface area contributed by atoms with E-state index in [4.69, 9.17) is 39.1 Å². The quantitative estimate of drug-likeness (QED) is 0.591. The Morgan fingerprint density at radius 1 is 1.50 bits per heavy atom. The molecular formula is C15H16Cl2O3. The predicted octanol–water partition coefficient (Wildman–Crippen LogP) is 2.77. The zero-order chi connectivity index (χ0) is 15.3. The van der Waals surface area contributed by atoms with Gasteiger partial charge in [0.25, 0.3) is 0 Å². The topological polar surface area (TPSA) is 35.5 Å². The number of ether oxygens (including phenoxy) is 2. The Balaban J connectivity index is 2.67. The molecule has 1 saturated carbocycles. The van der Waals surface area contributed by atoms with E-state index in [1.165, 1.54) is 7.11 Å². The smallest absolute Gasteiger partial charge is 0.312 e. The van der Waals surface area contributed by atoms with Crippen LogP contribution in [0.15, 0.2) is 10.6 Å². The lowest BCUT2D eigenvalue weighted by Gasteiger charge is -2.07. The average Bonchev–Trinajstić information content (AvgIpc) is 2.88. The minimum atomic E-state index is -0.870. The molecule has 1 aliphatic rings. The second-order valence-corrected chi connectivity index (χ2v) is 6.03. The molecule has 5 heteroatoms. The highest BCUT2D eigenvalue weighted by molar-refractivity contribution is 6.55. The number of halogens is 2. The van der Waals surface area contributed by atoms with Crippen molar-refractivity contribution in [2.45, 2.75) is 20.0 Å². The Hall–Kier alpha value is -1.13. The fourth-order valence-corrected chi connectivity index (χ4v) is 2.35. The summed E-state index contributed by atoms with van der Waals surface area (Å²) in [7, 11) is 1.52. The van der Waals surface area contributed by atoms with Gasteiger partial charge in [-0.05, 0) is 29.2 Å². The molecule has 0 amide bonds. The van der Waals surface area contributed by atoms with E-state index in [9.17, 15) is 4.79 Å². The van der Waals surface area contributed by atoms with Gasteiger partial charge in [-0.15, -0.1) is 6.42 Å². The normalized spacial score (nSPS) is 23.6. The monoisotopic (exact) mass is 314 g/mol. The van der Waals surface area contributed by atoms with Gasteiger partial charge in [-0.25, -0.2) is 0 Å². The van der Waals surface area contributed by atoms with E-state index >= 15 is 0 Å². The molecule has 1 rings (SSSR count). The standard InChI is InChI=1S/C15H16Cl2O3/c1-5-10(7-6-8-19-4)20-14(18)13-11(9-12(16)17)15(13,2)3/h1,9-11,13H,8H2,2-4H3. The maximum absolute atomic E-state index is 12.1. The highest BCUT2D eigenvalue weighted by atomic mass is 35.5. The molecule has 3 nitrogen and oxygen atoms in total. The molecule has 108 valence electrons. The molecule has 0 saturated heterocycles. The number of methoxy groups -OCH3 is 1. The van der Waals surface area contributed by atoms with Crippen molar-refractivity contribution in [2.24, 2.45) is 17.3 Å². The third kappa shape index (κ3) is 4.18. The molecule has 1 aliphatic carbocycles. The van der Waals surface area contributed by atoms with Crippen molar-refractivity contribution in [1.82, 2.24) is 0 Å². The molecule has 0 aromatic carbocycles. The highest BCUT2D eigenvalue weighted by Crippen LogP contribution is 2.60. The summed E-state index contributed by atoms with van der Waals surface area (Å²) in [5, 5.41) is 0. The van der Waals surface area contributed by atoms with Crippen molar-refractivity contribution in [3.63, 3.8) is 0 Å². The van der Waals surface area contributed by atoms with Gasteiger partial charge in [0.2, 0.25) is 6.10 Å². The van der Waals surface area contributed by atoms with Crippen LogP contribution >= 0.6 is 23.2 Å². The summed E-state index contributed by atoms with van der Waals surface area (Å²) in [6.07, 6.45) is 6.06. The van der Waals surface area contributed by atoms with Crippen LogP contribution in [0.5, 0.6) is 0 Å². The zero-order valence-corrected chi connectivity index (χ0v) is 13.1. The molecule has 3 unspecified atom stereocenters. The number of rotatable bonds is 4. The third-order valence-corrected chi connectivity index (χ3v) is 3.56. The second kappa shape index (κ2) is 7.04. The van der Waals surface area contributed by atoms with Crippen LogP contribution in [0.2, 0.25) is 0 Å². The lowest BCUT2D eigenvalue weighted by Crippen LogP contribution is -2.18. The summed E-state index contributed by atoms with van der Waals surface area (Å²) in [6, 6.07) is 0. The number of hydrogen-bond donors (Lipinski definition) is 0. The largest absolute Gasteiger partial charge is 0.437 e. The van der Waals surface area contributed by atoms with E-state index in [0.29, 0.717) is 0 Å².